The SMILES string of the molecule is O=C1c2cccc3c4ccccc4n(c23)C(=O)C1(c1ccccc1)N1CCOCC1. The van der Waals surface area contributed by atoms with E-state index in [1.165, 1.54) is 0 Å². The third-order valence-electron chi connectivity index (χ3n) is 6.46. The molecule has 3 heterocycles. The summed E-state index contributed by atoms with van der Waals surface area (Å²) in [5.41, 5.74) is 1.47. The number of ether oxygens (including phenoxy) is 1. The summed E-state index contributed by atoms with van der Waals surface area (Å²) in [5, 5.41) is 1.93. The van der Waals surface area contributed by atoms with E-state index in [0.29, 0.717) is 42.9 Å². The predicted molar refractivity (Wildman–Crippen MR) is 115 cm³/mol. The zero-order valence-electron chi connectivity index (χ0n) is 16.4. The molecule has 0 N–H and O–H groups in total. The molecule has 2 aliphatic rings. The number of morpholine rings is 1. The lowest BCUT2D eigenvalue weighted by molar-refractivity contribution is -0.0137. The first-order chi connectivity index (χ1) is 14.7. The van der Waals surface area contributed by atoms with Gasteiger partial charge < -0.3 is 4.74 Å². The van der Waals surface area contributed by atoms with Gasteiger partial charge in [0.2, 0.25) is 0 Å². The molecule has 0 bridgehead atoms. The maximum Gasteiger partial charge on any atom is 0.264 e. The van der Waals surface area contributed by atoms with Crippen molar-refractivity contribution in [3.8, 4) is 0 Å². The lowest BCUT2D eigenvalue weighted by Gasteiger charge is -2.45. The molecule has 1 aromatic heterocycles. The summed E-state index contributed by atoms with van der Waals surface area (Å²) in [5.74, 6) is -0.355. The predicted octanol–water partition coefficient (Wildman–Crippen LogP) is 3.86. The van der Waals surface area contributed by atoms with E-state index in [1.807, 2.05) is 77.7 Å². The summed E-state index contributed by atoms with van der Waals surface area (Å²) in [6.07, 6.45) is 0. The van der Waals surface area contributed by atoms with Gasteiger partial charge in [0.25, 0.3) is 5.91 Å². The van der Waals surface area contributed by atoms with Crippen molar-refractivity contribution in [2.24, 2.45) is 0 Å². The van der Waals surface area contributed by atoms with E-state index >= 15 is 0 Å². The summed E-state index contributed by atoms with van der Waals surface area (Å²) in [7, 11) is 0. The standard InChI is InChI=1S/C25H20N2O3/c28-23-20-11-6-10-19-18-9-4-5-12-21(18)27(22(19)20)24(29)25(23,17-7-2-1-3-8-17)26-13-15-30-16-14-26/h1-12H,13-16H2. The molecular formula is C25H20N2O3. The number of hydrogen-bond donors (Lipinski definition) is 0. The molecule has 0 aliphatic carbocycles. The molecule has 2 aliphatic heterocycles. The molecule has 0 amide bonds. The van der Waals surface area contributed by atoms with Crippen molar-refractivity contribution in [2.75, 3.05) is 26.3 Å². The van der Waals surface area contributed by atoms with Crippen molar-refractivity contribution in [3.63, 3.8) is 0 Å². The average molecular weight is 396 g/mol. The number of rotatable bonds is 2. The molecule has 30 heavy (non-hydrogen) atoms. The lowest BCUT2D eigenvalue weighted by atomic mass is 9.77. The number of aromatic nitrogens is 1. The van der Waals surface area contributed by atoms with E-state index in [-0.39, 0.29) is 11.7 Å². The number of nitrogens with zero attached hydrogens (tertiary/aromatic N) is 2. The zero-order chi connectivity index (χ0) is 20.3. The van der Waals surface area contributed by atoms with Crippen LogP contribution in [-0.2, 0) is 10.3 Å². The van der Waals surface area contributed by atoms with Crippen molar-refractivity contribution in [1.29, 1.82) is 0 Å². The molecule has 0 spiro atoms. The summed E-state index contributed by atoms with van der Waals surface area (Å²) in [6.45, 7) is 2.05. The number of Topliss-reactive ketones (excluding diaryl/α,β-unsaturated/α-hetero) is 1. The van der Waals surface area contributed by atoms with E-state index in [2.05, 4.69) is 0 Å². The topological polar surface area (TPSA) is 51.5 Å². The van der Waals surface area contributed by atoms with Crippen LogP contribution >= 0.6 is 0 Å². The molecule has 1 unspecified atom stereocenters. The largest absolute Gasteiger partial charge is 0.379 e. The van der Waals surface area contributed by atoms with Crippen LogP contribution in [0, 0.1) is 0 Å². The Morgan fingerprint density at radius 3 is 2.27 bits per heavy atom. The van der Waals surface area contributed by atoms with Crippen molar-refractivity contribution >= 4 is 33.5 Å². The maximum absolute atomic E-state index is 14.4. The first kappa shape index (κ1) is 17.6. The summed E-state index contributed by atoms with van der Waals surface area (Å²) >= 11 is 0. The smallest absolute Gasteiger partial charge is 0.264 e. The van der Waals surface area contributed by atoms with E-state index in [0.717, 1.165) is 16.3 Å². The van der Waals surface area contributed by atoms with Crippen LogP contribution in [0.4, 0.5) is 0 Å². The van der Waals surface area contributed by atoms with Crippen LogP contribution in [0.3, 0.4) is 0 Å². The Morgan fingerprint density at radius 1 is 0.767 bits per heavy atom. The molecule has 5 nitrogen and oxygen atoms in total. The van der Waals surface area contributed by atoms with Crippen molar-refractivity contribution in [1.82, 2.24) is 9.47 Å². The Morgan fingerprint density at radius 2 is 1.47 bits per heavy atom. The molecule has 1 atom stereocenters. The summed E-state index contributed by atoms with van der Waals surface area (Å²) in [4.78, 5) is 30.6. The molecule has 0 radical (unpaired) electrons. The minimum Gasteiger partial charge on any atom is -0.379 e. The Balaban J connectivity index is 1.74. The van der Waals surface area contributed by atoms with Crippen molar-refractivity contribution < 1.29 is 14.3 Å². The number of fused-ring (bicyclic) bond motifs is 3. The quantitative estimate of drug-likeness (QED) is 0.483. The molecule has 1 fully saturated rings. The monoisotopic (exact) mass is 396 g/mol. The zero-order valence-corrected chi connectivity index (χ0v) is 16.4. The molecule has 1 saturated heterocycles. The third kappa shape index (κ3) is 2.08. The number of carbonyl (C=O) groups is 2. The number of benzene rings is 3. The van der Waals surface area contributed by atoms with Gasteiger partial charge in [-0.3, -0.25) is 19.1 Å². The molecule has 0 saturated carbocycles. The highest BCUT2D eigenvalue weighted by molar-refractivity contribution is 6.31. The second-order valence-electron chi connectivity index (χ2n) is 7.86. The fraction of sp³-hybridized carbons (Fsp3) is 0.200. The van der Waals surface area contributed by atoms with E-state index in [4.69, 9.17) is 4.74 Å². The van der Waals surface area contributed by atoms with Crippen LogP contribution in [0.25, 0.3) is 21.8 Å². The fourth-order valence-corrected chi connectivity index (χ4v) is 5.16. The molecular weight excluding hydrogens is 376 g/mol. The number of para-hydroxylation sites is 2. The van der Waals surface area contributed by atoms with Gasteiger partial charge in [0.05, 0.1) is 24.2 Å². The second-order valence-corrected chi connectivity index (χ2v) is 7.86. The van der Waals surface area contributed by atoms with E-state index in [1.54, 1.807) is 4.57 Å². The van der Waals surface area contributed by atoms with Gasteiger partial charge in [-0.25, -0.2) is 0 Å². The molecule has 6 rings (SSSR count). The van der Waals surface area contributed by atoms with Gasteiger partial charge in [0.15, 0.2) is 11.3 Å². The highest BCUT2D eigenvalue weighted by Crippen LogP contribution is 2.44. The minimum absolute atomic E-state index is 0.151. The Kier molecular flexibility index (Phi) is 3.72. The van der Waals surface area contributed by atoms with Crippen LogP contribution in [-0.4, -0.2) is 47.5 Å². The van der Waals surface area contributed by atoms with Crippen LogP contribution < -0.4 is 0 Å². The van der Waals surface area contributed by atoms with Gasteiger partial charge in [-0.15, -0.1) is 0 Å². The van der Waals surface area contributed by atoms with Crippen LogP contribution in [0.2, 0.25) is 0 Å². The van der Waals surface area contributed by atoms with Crippen LogP contribution in [0.15, 0.2) is 72.8 Å². The van der Waals surface area contributed by atoms with Crippen molar-refractivity contribution in [3.05, 3.63) is 83.9 Å². The molecule has 148 valence electrons. The number of ketones is 1. The highest BCUT2D eigenvalue weighted by Gasteiger charge is 2.56. The van der Waals surface area contributed by atoms with Crippen molar-refractivity contribution in [2.45, 2.75) is 5.54 Å². The van der Waals surface area contributed by atoms with Gasteiger partial charge in [-0.1, -0.05) is 60.7 Å². The molecule has 3 aromatic carbocycles. The maximum atomic E-state index is 14.4. The third-order valence-corrected chi connectivity index (χ3v) is 6.46. The lowest BCUT2D eigenvalue weighted by Crippen LogP contribution is -2.63. The van der Waals surface area contributed by atoms with E-state index in [9.17, 15) is 9.59 Å². The molecule has 4 aromatic rings. The number of carbonyl (C=O) groups excluding carboxylic acids is 2. The summed E-state index contributed by atoms with van der Waals surface area (Å²) in [6, 6.07) is 23.1. The second kappa shape index (κ2) is 6.36. The Bertz CT molecular complexity index is 1320. The van der Waals surface area contributed by atoms with Crippen LogP contribution in [0.5, 0.6) is 0 Å². The Labute approximate surface area is 173 Å². The van der Waals surface area contributed by atoms with Crippen LogP contribution in [0.1, 0.15) is 20.7 Å². The highest BCUT2D eigenvalue weighted by atomic mass is 16.5. The number of hydrogen-bond acceptors (Lipinski definition) is 4. The minimum atomic E-state index is -1.39. The molecule has 5 heteroatoms. The fourth-order valence-electron chi connectivity index (χ4n) is 5.16. The Hall–Kier alpha value is -3.28. The first-order valence-corrected chi connectivity index (χ1v) is 10.2. The normalized spacial score (nSPS) is 22.1. The van der Waals surface area contributed by atoms with Gasteiger partial charge >= 0.3 is 0 Å². The van der Waals surface area contributed by atoms with Gasteiger partial charge in [-0.2, -0.15) is 0 Å². The van der Waals surface area contributed by atoms with Gasteiger partial charge in [0, 0.05) is 29.4 Å². The summed E-state index contributed by atoms with van der Waals surface area (Å²) < 4.78 is 7.32. The van der Waals surface area contributed by atoms with Gasteiger partial charge in [0.1, 0.15) is 0 Å². The average Bonchev–Trinajstić information content (AvgIpc) is 3.15. The van der Waals surface area contributed by atoms with E-state index < -0.39 is 5.54 Å². The van der Waals surface area contributed by atoms with Gasteiger partial charge in [-0.05, 0) is 17.7 Å². The first-order valence-electron chi connectivity index (χ1n) is 10.2.